The molecule has 0 saturated heterocycles. The molecule has 0 aliphatic carbocycles. The van der Waals surface area contributed by atoms with E-state index in [9.17, 15) is 9.90 Å². The van der Waals surface area contributed by atoms with E-state index in [2.05, 4.69) is 35.5 Å². The average molecular weight is 398 g/mol. The van der Waals surface area contributed by atoms with Crippen molar-refractivity contribution in [2.45, 2.75) is 52.0 Å². The van der Waals surface area contributed by atoms with Crippen LogP contribution in [0.15, 0.2) is 18.2 Å². The second kappa shape index (κ2) is 9.22. The van der Waals surface area contributed by atoms with Gasteiger partial charge in [-0.1, -0.05) is 19.8 Å². The fraction of sp³-hybridized carbons (Fsp3) is 0.500. The van der Waals surface area contributed by atoms with Crippen LogP contribution in [-0.2, 0) is 13.0 Å². The molecule has 0 bridgehead atoms. The summed E-state index contributed by atoms with van der Waals surface area (Å²) in [6.45, 7) is 4.14. The standard InChI is InChI=1S/C22H31N5O2/c1-4-5-9-18-25-19-20(27(18)13-8-6-7-12-26(2)3)16-11-10-15(22(28)29)14-17(16)24-21(19)23/h10-11,14H,4-9,12-13H2,1-3H3,(H2,23,24)(H,28,29). The summed E-state index contributed by atoms with van der Waals surface area (Å²) >= 11 is 0. The third-order valence-electron chi connectivity index (χ3n) is 5.27. The summed E-state index contributed by atoms with van der Waals surface area (Å²) in [7, 11) is 4.19. The molecule has 0 unspecified atom stereocenters. The maximum absolute atomic E-state index is 11.4. The van der Waals surface area contributed by atoms with Gasteiger partial charge in [0.05, 0.1) is 16.6 Å². The van der Waals surface area contributed by atoms with Gasteiger partial charge in [-0.25, -0.2) is 14.8 Å². The van der Waals surface area contributed by atoms with E-state index in [0.717, 1.165) is 73.9 Å². The first-order chi connectivity index (χ1) is 13.9. The van der Waals surface area contributed by atoms with E-state index in [-0.39, 0.29) is 5.56 Å². The van der Waals surface area contributed by atoms with Gasteiger partial charge in [-0.2, -0.15) is 0 Å². The summed E-state index contributed by atoms with van der Waals surface area (Å²) in [4.78, 5) is 22.8. The Morgan fingerprint density at radius 2 is 1.97 bits per heavy atom. The van der Waals surface area contributed by atoms with E-state index < -0.39 is 5.97 Å². The number of nitrogens with zero attached hydrogens (tertiary/aromatic N) is 4. The zero-order valence-corrected chi connectivity index (χ0v) is 17.6. The number of aromatic nitrogens is 3. The summed E-state index contributed by atoms with van der Waals surface area (Å²) in [6.07, 6.45) is 6.44. The second-order valence-corrected chi connectivity index (χ2v) is 7.88. The summed E-state index contributed by atoms with van der Waals surface area (Å²) < 4.78 is 2.28. The maximum atomic E-state index is 11.4. The normalized spacial score (nSPS) is 11.7. The Kier molecular flexibility index (Phi) is 6.69. The molecule has 7 heteroatoms. The van der Waals surface area contributed by atoms with Gasteiger partial charge in [0.25, 0.3) is 0 Å². The third-order valence-corrected chi connectivity index (χ3v) is 5.27. The van der Waals surface area contributed by atoms with Gasteiger partial charge in [0.2, 0.25) is 0 Å². The highest BCUT2D eigenvalue weighted by atomic mass is 16.4. The molecule has 3 aromatic rings. The van der Waals surface area contributed by atoms with Crippen LogP contribution in [0.2, 0.25) is 0 Å². The van der Waals surface area contributed by atoms with Crippen LogP contribution in [0.4, 0.5) is 5.82 Å². The highest BCUT2D eigenvalue weighted by molar-refractivity contribution is 6.08. The number of imidazole rings is 1. The van der Waals surface area contributed by atoms with Crippen LogP contribution in [0.3, 0.4) is 0 Å². The fourth-order valence-electron chi connectivity index (χ4n) is 3.73. The lowest BCUT2D eigenvalue weighted by atomic mass is 10.1. The van der Waals surface area contributed by atoms with Crippen molar-refractivity contribution in [2.75, 3.05) is 26.4 Å². The number of hydrogen-bond donors (Lipinski definition) is 2. The van der Waals surface area contributed by atoms with Gasteiger partial charge in [0.15, 0.2) is 5.82 Å². The first kappa shape index (κ1) is 21.0. The number of hydrogen-bond acceptors (Lipinski definition) is 5. The second-order valence-electron chi connectivity index (χ2n) is 7.88. The zero-order chi connectivity index (χ0) is 21.0. The molecule has 0 radical (unpaired) electrons. The van der Waals surface area contributed by atoms with E-state index in [0.29, 0.717) is 11.3 Å². The van der Waals surface area contributed by atoms with Crippen molar-refractivity contribution in [3.05, 3.63) is 29.6 Å². The first-order valence-corrected chi connectivity index (χ1v) is 10.4. The molecule has 1 aromatic carbocycles. The third kappa shape index (κ3) is 4.67. The number of nitrogens with two attached hydrogens (primary N) is 1. The lowest BCUT2D eigenvalue weighted by Crippen LogP contribution is -2.13. The van der Waals surface area contributed by atoms with Gasteiger partial charge in [-0.05, 0) is 58.1 Å². The molecule has 2 heterocycles. The number of benzene rings is 1. The number of anilines is 1. The summed E-state index contributed by atoms with van der Waals surface area (Å²) in [5.41, 5.74) is 8.74. The van der Waals surface area contributed by atoms with Gasteiger partial charge in [0, 0.05) is 18.4 Å². The number of unbranched alkanes of at least 4 members (excludes halogenated alkanes) is 3. The number of aryl methyl sites for hydroxylation is 2. The number of pyridine rings is 1. The number of aromatic carboxylic acids is 1. The van der Waals surface area contributed by atoms with E-state index in [1.165, 1.54) is 0 Å². The predicted molar refractivity (Wildman–Crippen MR) is 117 cm³/mol. The van der Waals surface area contributed by atoms with E-state index in [4.69, 9.17) is 10.7 Å². The first-order valence-electron chi connectivity index (χ1n) is 10.4. The highest BCUT2D eigenvalue weighted by Crippen LogP contribution is 2.30. The monoisotopic (exact) mass is 397 g/mol. The lowest BCUT2D eigenvalue weighted by Gasteiger charge is -2.12. The van der Waals surface area contributed by atoms with Gasteiger partial charge >= 0.3 is 5.97 Å². The number of carboxylic acid groups (broad SMARTS) is 1. The molecule has 3 N–H and O–H groups in total. The van der Waals surface area contributed by atoms with Gasteiger partial charge in [-0.15, -0.1) is 0 Å². The minimum Gasteiger partial charge on any atom is -0.478 e. The smallest absolute Gasteiger partial charge is 0.335 e. The lowest BCUT2D eigenvalue weighted by molar-refractivity contribution is 0.0697. The van der Waals surface area contributed by atoms with Crippen LogP contribution in [0.1, 0.15) is 55.2 Å². The highest BCUT2D eigenvalue weighted by Gasteiger charge is 2.18. The van der Waals surface area contributed by atoms with Crippen molar-refractivity contribution in [3.8, 4) is 0 Å². The Labute approximate surface area is 171 Å². The maximum Gasteiger partial charge on any atom is 0.335 e. The van der Waals surface area contributed by atoms with Gasteiger partial charge in [0.1, 0.15) is 11.3 Å². The number of rotatable bonds is 10. The van der Waals surface area contributed by atoms with Crippen LogP contribution < -0.4 is 5.73 Å². The van der Waals surface area contributed by atoms with Crippen LogP contribution in [0.5, 0.6) is 0 Å². The van der Waals surface area contributed by atoms with Gasteiger partial charge < -0.3 is 20.3 Å². The predicted octanol–water partition coefficient (Wildman–Crippen LogP) is 3.94. The van der Waals surface area contributed by atoms with Crippen LogP contribution >= 0.6 is 0 Å². The van der Waals surface area contributed by atoms with Crippen LogP contribution in [0, 0.1) is 0 Å². The molecular weight excluding hydrogens is 366 g/mol. The summed E-state index contributed by atoms with van der Waals surface area (Å²) in [6, 6.07) is 5.05. The van der Waals surface area contributed by atoms with Crippen molar-refractivity contribution < 1.29 is 9.90 Å². The Morgan fingerprint density at radius 1 is 1.17 bits per heavy atom. The SMILES string of the molecule is CCCCc1nc2c(N)nc3cc(C(=O)O)ccc3c2n1CCCCCN(C)C. The zero-order valence-electron chi connectivity index (χ0n) is 17.6. The Bertz CT molecular complexity index is 1010. The van der Waals surface area contributed by atoms with E-state index >= 15 is 0 Å². The Morgan fingerprint density at radius 3 is 2.66 bits per heavy atom. The Hall–Kier alpha value is -2.67. The fourth-order valence-corrected chi connectivity index (χ4v) is 3.73. The topological polar surface area (TPSA) is 97.3 Å². The van der Waals surface area contributed by atoms with Crippen molar-refractivity contribution >= 4 is 33.7 Å². The molecule has 0 aliphatic rings. The quantitative estimate of drug-likeness (QED) is 0.503. The van der Waals surface area contributed by atoms with Crippen LogP contribution in [0.25, 0.3) is 21.9 Å². The molecule has 0 aliphatic heterocycles. The number of carboxylic acids is 1. The molecule has 0 saturated carbocycles. The molecule has 7 nitrogen and oxygen atoms in total. The Balaban J connectivity index is 2.04. The van der Waals surface area contributed by atoms with Crippen molar-refractivity contribution in [1.82, 2.24) is 19.4 Å². The number of nitrogen functional groups attached to an aromatic ring is 1. The molecule has 0 spiro atoms. The molecular formula is C22H31N5O2. The van der Waals surface area contributed by atoms with Crippen molar-refractivity contribution in [1.29, 1.82) is 0 Å². The largest absolute Gasteiger partial charge is 0.478 e. The average Bonchev–Trinajstić information content (AvgIpc) is 3.04. The molecule has 156 valence electrons. The van der Waals surface area contributed by atoms with Crippen molar-refractivity contribution in [2.24, 2.45) is 0 Å². The molecule has 0 fully saturated rings. The molecule has 2 aromatic heterocycles. The number of fused-ring (bicyclic) bond motifs is 3. The van der Waals surface area contributed by atoms with Crippen LogP contribution in [-0.4, -0.2) is 51.2 Å². The summed E-state index contributed by atoms with van der Waals surface area (Å²) in [5, 5.41) is 10.2. The molecule has 0 amide bonds. The van der Waals surface area contributed by atoms with Crippen molar-refractivity contribution in [3.63, 3.8) is 0 Å². The van der Waals surface area contributed by atoms with Gasteiger partial charge in [-0.3, -0.25) is 0 Å². The molecule has 3 rings (SSSR count). The molecule has 0 atom stereocenters. The molecule has 29 heavy (non-hydrogen) atoms. The minimum absolute atomic E-state index is 0.213. The van der Waals surface area contributed by atoms with E-state index in [1.807, 2.05) is 6.07 Å². The summed E-state index contributed by atoms with van der Waals surface area (Å²) in [5.74, 6) is 0.433. The van der Waals surface area contributed by atoms with E-state index in [1.54, 1.807) is 12.1 Å². The minimum atomic E-state index is -0.967. The number of carbonyl (C=O) groups is 1.